The highest BCUT2D eigenvalue weighted by Crippen LogP contribution is 2.00. The summed E-state index contributed by atoms with van der Waals surface area (Å²) in [6.45, 7) is 2.32. The van der Waals surface area contributed by atoms with Crippen molar-refractivity contribution in [3.8, 4) is 0 Å². The van der Waals surface area contributed by atoms with Crippen LogP contribution < -0.4 is 5.73 Å². The van der Waals surface area contributed by atoms with E-state index in [-0.39, 0.29) is 5.78 Å². The van der Waals surface area contributed by atoms with E-state index in [2.05, 4.69) is 0 Å². The summed E-state index contributed by atoms with van der Waals surface area (Å²) in [6.07, 6.45) is 0.685. The topological polar surface area (TPSA) is 43.1 Å². The first-order valence-electron chi connectivity index (χ1n) is 3.04. The largest absolute Gasteiger partial charge is 0.330 e. The van der Waals surface area contributed by atoms with E-state index in [9.17, 15) is 4.79 Å². The summed E-state index contributed by atoms with van der Waals surface area (Å²) >= 11 is 1.74. The van der Waals surface area contributed by atoms with Gasteiger partial charge in [-0.25, -0.2) is 0 Å². The lowest BCUT2D eigenvalue weighted by Crippen LogP contribution is -2.02. The van der Waals surface area contributed by atoms with Crippen LogP contribution in [0.25, 0.3) is 0 Å². The fraction of sp³-hybridized carbons (Fsp3) is 0.833. The average Bonchev–Trinajstić information content (AvgIpc) is 1.80. The van der Waals surface area contributed by atoms with Crippen LogP contribution in [0.1, 0.15) is 13.3 Å². The second-order valence-corrected chi connectivity index (χ2v) is 3.08. The molecule has 0 unspecified atom stereocenters. The van der Waals surface area contributed by atoms with Crippen molar-refractivity contribution in [2.45, 2.75) is 13.3 Å². The van der Waals surface area contributed by atoms with Gasteiger partial charge < -0.3 is 5.73 Å². The van der Waals surface area contributed by atoms with Gasteiger partial charge in [-0.05, 0) is 6.92 Å². The molecule has 54 valence electrons. The van der Waals surface area contributed by atoms with Gasteiger partial charge in [0.15, 0.2) is 0 Å². The fourth-order valence-corrected chi connectivity index (χ4v) is 1.20. The summed E-state index contributed by atoms with van der Waals surface area (Å²) in [5, 5.41) is 0. The lowest BCUT2D eigenvalue weighted by atomic mass is 10.4. The molecule has 0 rings (SSSR count). The van der Waals surface area contributed by atoms with Crippen molar-refractivity contribution in [1.29, 1.82) is 0 Å². The van der Waals surface area contributed by atoms with Gasteiger partial charge in [0.1, 0.15) is 5.78 Å². The van der Waals surface area contributed by atoms with Crippen LogP contribution in [-0.2, 0) is 4.79 Å². The summed E-state index contributed by atoms with van der Waals surface area (Å²) in [5.74, 6) is 2.15. The highest BCUT2D eigenvalue weighted by Gasteiger charge is 1.91. The number of carbonyl (C=O) groups is 1. The van der Waals surface area contributed by atoms with E-state index in [4.69, 9.17) is 5.73 Å². The lowest BCUT2D eigenvalue weighted by molar-refractivity contribution is -0.116. The Balaban J connectivity index is 2.83. The zero-order chi connectivity index (χ0) is 7.11. The number of hydrogen-bond donors (Lipinski definition) is 1. The molecule has 0 radical (unpaired) electrons. The number of nitrogens with two attached hydrogens (primary N) is 1. The van der Waals surface area contributed by atoms with Gasteiger partial charge in [-0.1, -0.05) is 0 Å². The molecule has 0 atom stereocenters. The lowest BCUT2D eigenvalue weighted by Gasteiger charge is -1.94. The number of ketones is 1. The summed E-state index contributed by atoms with van der Waals surface area (Å²) in [5.41, 5.74) is 5.24. The van der Waals surface area contributed by atoms with E-state index in [1.165, 1.54) is 0 Å². The van der Waals surface area contributed by atoms with Crippen LogP contribution in [0.15, 0.2) is 0 Å². The first-order valence-corrected chi connectivity index (χ1v) is 4.20. The van der Waals surface area contributed by atoms with Gasteiger partial charge in [0.2, 0.25) is 0 Å². The minimum Gasteiger partial charge on any atom is -0.330 e. The molecule has 2 N–H and O–H groups in total. The van der Waals surface area contributed by atoms with E-state index in [1.54, 1.807) is 18.7 Å². The predicted molar refractivity (Wildman–Crippen MR) is 41.7 cm³/mol. The molecule has 0 aromatic heterocycles. The standard InChI is InChI=1S/C6H13NOS/c1-6(8)2-4-9-5-3-7/h2-5,7H2,1H3. The Bertz CT molecular complexity index is 85.1. The second kappa shape index (κ2) is 6.11. The van der Waals surface area contributed by atoms with Crippen molar-refractivity contribution >= 4 is 17.5 Å². The van der Waals surface area contributed by atoms with Crippen LogP contribution >= 0.6 is 11.8 Å². The van der Waals surface area contributed by atoms with Gasteiger partial charge in [0, 0.05) is 24.5 Å². The molecule has 0 saturated carbocycles. The van der Waals surface area contributed by atoms with E-state index >= 15 is 0 Å². The van der Waals surface area contributed by atoms with Gasteiger partial charge in [0.25, 0.3) is 0 Å². The summed E-state index contributed by atoms with van der Waals surface area (Å²) in [7, 11) is 0. The molecule has 0 fully saturated rings. The molecule has 0 saturated heterocycles. The summed E-state index contributed by atoms with van der Waals surface area (Å²) in [4.78, 5) is 10.4. The SMILES string of the molecule is CC(=O)CCSCCN. The molecular formula is C6H13NOS. The summed E-state index contributed by atoms with van der Waals surface area (Å²) < 4.78 is 0. The smallest absolute Gasteiger partial charge is 0.130 e. The van der Waals surface area contributed by atoms with Gasteiger partial charge in [-0.15, -0.1) is 0 Å². The molecule has 0 spiro atoms. The molecule has 0 aliphatic carbocycles. The Morgan fingerprint density at radius 2 is 2.22 bits per heavy atom. The van der Waals surface area contributed by atoms with E-state index in [0.29, 0.717) is 13.0 Å². The van der Waals surface area contributed by atoms with Crippen molar-refractivity contribution in [3.05, 3.63) is 0 Å². The number of Topliss-reactive ketones (excluding diaryl/α,β-unsaturated/α-hetero) is 1. The van der Waals surface area contributed by atoms with E-state index in [1.807, 2.05) is 0 Å². The molecule has 3 heteroatoms. The van der Waals surface area contributed by atoms with Crippen LogP contribution in [0.4, 0.5) is 0 Å². The molecule has 2 nitrogen and oxygen atoms in total. The molecule has 9 heavy (non-hydrogen) atoms. The zero-order valence-corrected chi connectivity index (χ0v) is 6.54. The minimum atomic E-state index is 0.263. The number of thioether (sulfide) groups is 1. The maximum Gasteiger partial charge on any atom is 0.130 e. The highest BCUT2D eigenvalue weighted by molar-refractivity contribution is 7.99. The maximum atomic E-state index is 10.4. The minimum absolute atomic E-state index is 0.263. The molecule has 0 aromatic carbocycles. The number of carbonyl (C=O) groups excluding carboxylic acids is 1. The average molecular weight is 147 g/mol. The second-order valence-electron chi connectivity index (χ2n) is 1.85. The Hall–Kier alpha value is -0.0200. The third-order valence-corrected chi connectivity index (χ3v) is 1.88. The third kappa shape index (κ3) is 7.98. The van der Waals surface area contributed by atoms with Crippen LogP contribution in [0.5, 0.6) is 0 Å². The molecule has 0 aliphatic rings. The molecule has 0 aromatic rings. The monoisotopic (exact) mass is 147 g/mol. The summed E-state index contributed by atoms with van der Waals surface area (Å²) in [6, 6.07) is 0. The first-order chi connectivity index (χ1) is 4.27. The third-order valence-electron chi connectivity index (χ3n) is 0.861. The quantitative estimate of drug-likeness (QED) is 0.581. The molecule has 0 aliphatic heterocycles. The maximum absolute atomic E-state index is 10.4. The van der Waals surface area contributed by atoms with Gasteiger partial charge >= 0.3 is 0 Å². The van der Waals surface area contributed by atoms with Crippen LogP contribution in [-0.4, -0.2) is 23.8 Å². The van der Waals surface area contributed by atoms with Crippen molar-refractivity contribution in [1.82, 2.24) is 0 Å². The molecule has 0 amide bonds. The van der Waals surface area contributed by atoms with Crippen molar-refractivity contribution in [2.75, 3.05) is 18.1 Å². The van der Waals surface area contributed by atoms with E-state index < -0.39 is 0 Å². The molecule has 0 heterocycles. The fourth-order valence-electron chi connectivity index (χ4n) is 0.401. The van der Waals surface area contributed by atoms with Crippen LogP contribution in [0, 0.1) is 0 Å². The Kier molecular flexibility index (Phi) is 6.09. The molecular weight excluding hydrogens is 134 g/mol. The highest BCUT2D eigenvalue weighted by atomic mass is 32.2. The first kappa shape index (κ1) is 8.98. The Morgan fingerprint density at radius 1 is 1.56 bits per heavy atom. The van der Waals surface area contributed by atoms with Crippen LogP contribution in [0.3, 0.4) is 0 Å². The number of rotatable bonds is 5. The Labute approximate surface area is 60.2 Å². The van der Waals surface area contributed by atoms with Gasteiger partial charge in [-0.2, -0.15) is 11.8 Å². The zero-order valence-electron chi connectivity index (χ0n) is 5.72. The molecule has 0 bridgehead atoms. The predicted octanol–water partition coefficient (Wildman–Crippen LogP) is 0.657. The van der Waals surface area contributed by atoms with Crippen molar-refractivity contribution in [2.24, 2.45) is 5.73 Å². The van der Waals surface area contributed by atoms with Crippen molar-refractivity contribution in [3.63, 3.8) is 0 Å². The Morgan fingerprint density at radius 3 is 2.67 bits per heavy atom. The van der Waals surface area contributed by atoms with Crippen LogP contribution in [0.2, 0.25) is 0 Å². The normalized spacial score (nSPS) is 9.56. The number of hydrogen-bond acceptors (Lipinski definition) is 3. The van der Waals surface area contributed by atoms with E-state index in [0.717, 1.165) is 11.5 Å². The van der Waals surface area contributed by atoms with Crippen molar-refractivity contribution < 1.29 is 4.79 Å². The van der Waals surface area contributed by atoms with Gasteiger partial charge in [0.05, 0.1) is 0 Å². The van der Waals surface area contributed by atoms with Gasteiger partial charge in [-0.3, -0.25) is 4.79 Å².